The Morgan fingerprint density at radius 1 is 0.955 bits per heavy atom. The molecule has 1 aromatic carbocycles. The molecule has 1 N–H and O–H groups in total. The highest BCUT2D eigenvalue weighted by Crippen LogP contribution is 2.40. The van der Waals surface area contributed by atoms with Gasteiger partial charge in [-0.15, -0.1) is 0 Å². The SMILES string of the molecule is CC(C)(C)c1cc(C(=S)N2CCCC2)cc(C(C)(C)C)c1O. The summed E-state index contributed by atoms with van der Waals surface area (Å²) in [5.74, 6) is 0.424. The van der Waals surface area contributed by atoms with E-state index in [1.165, 1.54) is 12.8 Å². The molecule has 0 unspecified atom stereocenters. The Kier molecular flexibility index (Phi) is 4.59. The van der Waals surface area contributed by atoms with Crippen LogP contribution in [0.25, 0.3) is 0 Å². The molecule has 0 atom stereocenters. The van der Waals surface area contributed by atoms with Crippen LogP contribution in [-0.4, -0.2) is 28.1 Å². The highest BCUT2D eigenvalue weighted by atomic mass is 32.1. The van der Waals surface area contributed by atoms with Gasteiger partial charge in [-0.05, 0) is 35.8 Å². The molecule has 0 amide bonds. The number of hydrogen-bond donors (Lipinski definition) is 1. The summed E-state index contributed by atoms with van der Waals surface area (Å²) in [5, 5.41) is 10.8. The maximum absolute atomic E-state index is 10.8. The van der Waals surface area contributed by atoms with Gasteiger partial charge in [0, 0.05) is 29.8 Å². The Morgan fingerprint density at radius 2 is 1.36 bits per heavy atom. The Balaban J connectivity index is 2.57. The second-order valence-corrected chi connectivity index (χ2v) is 8.81. The Bertz CT molecular complexity index is 537. The van der Waals surface area contributed by atoms with Gasteiger partial charge in [0.1, 0.15) is 10.7 Å². The Morgan fingerprint density at radius 3 is 1.73 bits per heavy atom. The summed E-state index contributed by atoms with van der Waals surface area (Å²) in [7, 11) is 0. The van der Waals surface area contributed by atoms with Crippen LogP contribution in [0.5, 0.6) is 5.75 Å². The summed E-state index contributed by atoms with van der Waals surface area (Å²) in [6.07, 6.45) is 2.44. The quantitative estimate of drug-likeness (QED) is 0.755. The van der Waals surface area contributed by atoms with E-state index >= 15 is 0 Å². The van der Waals surface area contributed by atoms with Crippen LogP contribution in [0.3, 0.4) is 0 Å². The van der Waals surface area contributed by atoms with Gasteiger partial charge in [0.05, 0.1) is 0 Å². The maximum Gasteiger partial charge on any atom is 0.123 e. The lowest BCUT2D eigenvalue weighted by atomic mass is 9.78. The topological polar surface area (TPSA) is 23.5 Å². The van der Waals surface area contributed by atoms with Crippen molar-refractivity contribution in [3.05, 3.63) is 28.8 Å². The van der Waals surface area contributed by atoms with Gasteiger partial charge in [-0.25, -0.2) is 0 Å². The number of likely N-dealkylation sites (tertiary alicyclic amines) is 1. The first-order chi connectivity index (χ1) is 10.0. The Hall–Kier alpha value is -1.09. The third kappa shape index (κ3) is 3.45. The molecule has 22 heavy (non-hydrogen) atoms. The molecule has 1 saturated heterocycles. The molecule has 3 heteroatoms. The predicted molar refractivity (Wildman–Crippen MR) is 98.0 cm³/mol. The molecule has 1 aromatic rings. The third-order valence-corrected chi connectivity index (χ3v) is 4.86. The Labute approximate surface area is 140 Å². The molecule has 1 heterocycles. The third-order valence-electron chi connectivity index (χ3n) is 4.37. The summed E-state index contributed by atoms with van der Waals surface area (Å²) in [6, 6.07) is 4.18. The number of phenolic OH excluding ortho intramolecular Hbond substituents is 1. The van der Waals surface area contributed by atoms with Gasteiger partial charge in [0.2, 0.25) is 0 Å². The highest BCUT2D eigenvalue weighted by Gasteiger charge is 2.28. The molecular formula is C19H29NOS. The lowest BCUT2D eigenvalue weighted by Gasteiger charge is -2.29. The predicted octanol–water partition coefficient (Wildman–Crippen LogP) is 4.76. The molecular weight excluding hydrogens is 290 g/mol. The number of phenols is 1. The van der Waals surface area contributed by atoms with E-state index in [9.17, 15) is 5.11 Å². The minimum atomic E-state index is -0.110. The van der Waals surface area contributed by atoms with Gasteiger partial charge < -0.3 is 10.0 Å². The largest absolute Gasteiger partial charge is 0.507 e. The minimum Gasteiger partial charge on any atom is -0.507 e. The molecule has 0 aliphatic carbocycles. The lowest BCUT2D eigenvalue weighted by Crippen LogP contribution is -2.28. The second-order valence-electron chi connectivity index (χ2n) is 8.42. The average Bonchev–Trinajstić information content (AvgIpc) is 2.89. The number of rotatable bonds is 1. The van der Waals surface area contributed by atoms with Crippen molar-refractivity contribution in [1.29, 1.82) is 0 Å². The molecule has 122 valence electrons. The molecule has 0 aromatic heterocycles. The fourth-order valence-corrected chi connectivity index (χ4v) is 3.30. The van der Waals surface area contributed by atoms with Crippen molar-refractivity contribution in [3.8, 4) is 5.75 Å². The van der Waals surface area contributed by atoms with Crippen LogP contribution < -0.4 is 0 Å². The summed E-state index contributed by atoms with van der Waals surface area (Å²) < 4.78 is 0. The molecule has 0 radical (unpaired) electrons. The zero-order valence-corrected chi connectivity index (χ0v) is 15.6. The first-order valence-corrected chi connectivity index (χ1v) is 8.60. The first-order valence-electron chi connectivity index (χ1n) is 8.19. The van der Waals surface area contributed by atoms with Crippen LogP contribution in [0.15, 0.2) is 12.1 Å². The van der Waals surface area contributed by atoms with Gasteiger partial charge in [-0.3, -0.25) is 0 Å². The number of hydrogen-bond acceptors (Lipinski definition) is 2. The summed E-state index contributed by atoms with van der Waals surface area (Å²) >= 11 is 5.73. The van der Waals surface area contributed by atoms with Gasteiger partial charge >= 0.3 is 0 Å². The lowest BCUT2D eigenvalue weighted by molar-refractivity contribution is 0.423. The van der Waals surface area contributed by atoms with Gasteiger partial charge in [0.25, 0.3) is 0 Å². The van der Waals surface area contributed by atoms with Gasteiger partial charge in [0.15, 0.2) is 0 Å². The molecule has 1 fully saturated rings. The normalized spacial score (nSPS) is 16.2. The van der Waals surface area contributed by atoms with Crippen molar-refractivity contribution in [2.45, 2.75) is 65.2 Å². The molecule has 2 nitrogen and oxygen atoms in total. The van der Waals surface area contributed by atoms with Crippen molar-refractivity contribution < 1.29 is 5.11 Å². The molecule has 2 rings (SSSR count). The van der Waals surface area contributed by atoms with Crippen molar-refractivity contribution >= 4 is 17.2 Å². The van der Waals surface area contributed by atoms with E-state index < -0.39 is 0 Å². The zero-order valence-electron chi connectivity index (χ0n) is 14.8. The van der Waals surface area contributed by atoms with Crippen LogP contribution in [0.4, 0.5) is 0 Å². The van der Waals surface area contributed by atoms with Crippen LogP contribution in [-0.2, 0) is 10.8 Å². The zero-order chi connectivity index (χ0) is 16.7. The highest BCUT2D eigenvalue weighted by molar-refractivity contribution is 7.80. The summed E-state index contributed by atoms with van der Waals surface area (Å²) in [4.78, 5) is 3.22. The fraction of sp³-hybridized carbons (Fsp3) is 0.632. The number of benzene rings is 1. The summed E-state index contributed by atoms with van der Waals surface area (Å²) in [6.45, 7) is 14.9. The van der Waals surface area contributed by atoms with Crippen LogP contribution in [0, 0.1) is 0 Å². The summed E-state index contributed by atoms with van der Waals surface area (Å²) in [5.41, 5.74) is 2.82. The van der Waals surface area contributed by atoms with E-state index in [2.05, 4.69) is 58.6 Å². The van der Waals surface area contributed by atoms with Crippen molar-refractivity contribution in [3.63, 3.8) is 0 Å². The average molecular weight is 320 g/mol. The minimum absolute atomic E-state index is 0.110. The van der Waals surface area contributed by atoms with E-state index in [4.69, 9.17) is 12.2 Å². The van der Waals surface area contributed by atoms with Crippen LogP contribution >= 0.6 is 12.2 Å². The van der Waals surface area contributed by atoms with E-state index in [-0.39, 0.29) is 10.8 Å². The molecule has 0 saturated carbocycles. The molecule has 1 aliphatic heterocycles. The fourth-order valence-electron chi connectivity index (χ4n) is 3.00. The number of thiocarbonyl (C=S) groups is 1. The first kappa shape index (κ1) is 17.3. The molecule has 0 bridgehead atoms. The standard InChI is InChI=1S/C19H29NOS/c1-18(2,3)14-11-13(17(22)20-9-7-8-10-20)12-15(16(14)21)19(4,5)6/h11-12,21H,7-10H2,1-6H3. The van der Waals surface area contributed by atoms with Crippen molar-refractivity contribution in [1.82, 2.24) is 4.90 Å². The van der Waals surface area contributed by atoms with Crippen molar-refractivity contribution in [2.75, 3.05) is 13.1 Å². The van der Waals surface area contributed by atoms with E-state index in [0.717, 1.165) is 34.8 Å². The van der Waals surface area contributed by atoms with Crippen molar-refractivity contribution in [2.24, 2.45) is 0 Å². The number of nitrogens with zero attached hydrogens (tertiary/aromatic N) is 1. The number of aromatic hydroxyl groups is 1. The van der Waals surface area contributed by atoms with E-state index in [0.29, 0.717) is 5.75 Å². The van der Waals surface area contributed by atoms with E-state index in [1.54, 1.807) is 0 Å². The second kappa shape index (κ2) is 5.84. The van der Waals surface area contributed by atoms with Crippen LogP contribution in [0.1, 0.15) is 71.1 Å². The van der Waals surface area contributed by atoms with Gasteiger partial charge in [-0.1, -0.05) is 53.8 Å². The molecule has 0 spiro atoms. The van der Waals surface area contributed by atoms with Crippen LogP contribution in [0.2, 0.25) is 0 Å². The monoisotopic (exact) mass is 319 g/mol. The smallest absolute Gasteiger partial charge is 0.123 e. The van der Waals surface area contributed by atoms with Gasteiger partial charge in [-0.2, -0.15) is 0 Å². The van der Waals surface area contributed by atoms with E-state index in [1.807, 2.05) is 0 Å². The molecule has 1 aliphatic rings. The maximum atomic E-state index is 10.8.